The van der Waals surface area contributed by atoms with Crippen LogP contribution in [0.2, 0.25) is 0 Å². The molecule has 0 fully saturated rings. The molecule has 0 aromatic heterocycles. The highest BCUT2D eigenvalue weighted by atomic mass is 16.4. The zero-order valence-corrected chi connectivity index (χ0v) is 8.13. The first-order chi connectivity index (χ1) is 6.50. The lowest BCUT2D eigenvalue weighted by Gasteiger charge is -2.09. The van der Waals surface area contributed by atoms with E-state index in [1.54, 1.807) is 0 Å². The largest absolute Gasteiger partial charge is 0.479 e. The summed E-state index contributed by atoms with van der Waals surface area (Å²) in [5.74, 6) is 4.01. The summed E-state index contributed by atoms with van der Waals surface area (Å²) in [5.41, 5.74) is 3.90. The minimum absolute atomic E-state index is 0.500. The van der Waals surface area contributed by atoms with E-state index in [4.69, 9.17) is 16.2 Å². The molecule has 0 aliphatic carbocycles. The number of aliphatic carboxylic acids is 1. The summed E-state index contributed by atoms with van der Waals surface area (Å²) in [7, 11) is 0. The van der Waals surface area contributed by atoms with Crippen molar-refractivity contribution in [3.63, 3.8) is 0 Å². The van der Waals surface area contributed by atoms with Crippen LogP contribution >= 0.6 is 0 Å². The Hall–Kier alpha value is -1.38. The van der Waals surface area contributed by atoms with E-state index in [-0.39, 0.29) is 0 Å². The third-order valence-corrected chi connectivity index (χ3v) is 1.47. The van der Waals surface area contributed by atoms with Crippen LogP contribution in [0.3, 0.4) is 0 Å². The molecule has 0 amide bonds. The van der Waals surface area contributed by atoms with E-state index in [2.05, 4.69) is 17.2 Å². The molecule has 0 radical (unpaired) electrons. The lowest BCUT2D eigenvalue weighted by atomic mass is 10.1. The molecular weight excluding hydrogens is 182 g/mol. The van der Waals surface area contributed by atoms with Crippen molar-refractivity contribution in [2.24, 2.45) is 5.73 Å². The molecule has 78 valence electrons. The number of nitrogens with one attached hydrogen (secondary N) is 2. The van der Waals surface area contributed by atoms with Gasteiger partial charge in [0.25, 0.3) is 0 Å². The third kappa shape index (κ3) is 5.30. The van der Waals surface area contributed by atoms with Crippen LogP contribution in [-0.2, 0) is 4.79 Å². The number of carboxylic acids is 1. The Bertz CT molecular complexity index is 263. The van der Waals surface area contributed by atoms with Crippen LogP contribution < -0.4 is 11.1 Å². The molecule has 0 saturated heterocycles. The van der Waals surface area contributed by atoms with E-state index in [1.165, 1.54) is 13.1 Å². The van der Waals surface area contributed by atoms with Gasteiger partial charge in [-0.15, -0.1) is 0 Å². The predicted molar refractivity (Wildman–Crippen MR) is 54.3 cm³/mol. The minimum Gasteiger partial charge on any atom is -0.479 e. The maximum atomic E-state index is 10.5. The molecule has 1 unspecified atom stereocenters. The number of carbonyl (C=O) groups is 1. The summed E-state index contributed by atoms with van der Waals surface area (Å²) in [6.07, 6.45) is 1.77. The number of nitrogens with two attached hydrogens (primary N) is 1. The normalized spacial score (nSPS) is 13.6. The van der Waals surface area contributed by atoms with E-state index < -0.39 is 11.5 Å². The predicted octanol–water partition coefficient (Wildman–Crippen LogP) is -0.579. The van der Waals surface area contributed by atoms with Gasteiger partial charge < -0.3 is 21.6 Å². The van der Waals surface area contributed by atoms with Crippen LogP contribution in [0.4, 0.5) is 0 Å². The lowest BCUT2D eigenvalue weighted by molar-refractivity contribution is -0.140. The zero-order chi connectivity index (χ0) is 11.0. The Morgan fingerprint density at radius 3 is 2.93 bits per heavy atom. The van der Waals surface area contributed by atoms with E-state index in [0.29, 0.717) is 19.5 Å². The molecule has 0 spiro atoms. The van der Waals surface area contributed by atoms with E-state index in [9.17, 15) is 4.79 Å². The second-order valence-electron chi connectivity index (χ2n) is 2.97. The molecule has 1 atom stereocenters. The zero-order valence-electron chi connectivity index (χ0n) is 8.13. The first-order valence-corrected chi connectivity index (χ1v) is 4.22. The molecule has 0 bridgehead atoms. The highest BCUT2D eigenvalue weighted by molar-refractivity contribution is 5.82. The second-order valence-corrected chi connectivity index (χ2v) is 2.97. The van der Waals surface area contributed by atoms with Crippen LogP contribution in [0.1, 0.15) is 13.3 Å². The van der Waals surface area contributed by atoms with Gasteiger partial charge in [-0.3, -0.25) is 0 Å². The van der Waals surface area contributed by atoms with Gasteiger partial charge in [0.1, 0.15) is 0 Å². The van der Waals surface area contributed by atoms with E-state index >= 15 is 0 Å². The van der Waals surface area contributed by atoms with Gasteiger partial charge >= 0.3 is 5.97 Å². The average molecular weight is 197 g/mol. The lowest BCUT2D eigenvalue weighted by Crippen LogP contribution is -2.43. The second kappa shape index (κ2) is 6.13. The molecule has 0 aliphatic rings. The fourth-order valence-electron chi connectivity index (χ4n) is 0.625. The van der Waals surface area contributed by atoms with Crippen LogP contribution in [0.15, 0.2) is 0 Å². The highest BCUT2D eigenvalue weighted by Crippen LogP contribution is 1.95. The van der Waals surface area contributed by atoms with Crippen LogP contribution in [0.25, 0.3) is 0 Å². The first-order valence-electron chi connectivity index (χ1n) is 4.22. The monoisotopic (exact) mass is 197 g/mol. The van der Waals surface area contributed by atoms with Crippen molar-refractivity contribution in [3.05, 3.63) is 0 Å². The summed E-state index contributed by atoms with van der Waals surface area (Å²) in [5, 5.41) is 18.2. The summed E-state index contributed by atoms with van der Waals surface area (Å²) < 4.78 is 0. The van der Waals surface area contributed by atoms with Gasteiger partial charge in [-0.2, -0.15) is 0 Å². The maximum Gasteiger partial charge on any atom is 0.335 e. The molecule has 0 rings (SSSR count). The average Bonchev–Trinajstić information content (AvgIpc) is 2.10. The Labute approximate surface area is 83.2 Å². The van der Waals surface area contributed by atoms with Gasteiger partial charge in [0.15, 0.2) is 5.54 Å². The molecule has 0 saturated carbocycles. The molecule has 5 nitrogen and oxygen atoms in total. The number of rotatable bonds is 5. The summed E-state index contributed by atoms with van der Waals surface area (Å²) in [4.78, 5) is 10.5. The summed E-state index contributed by atoms with van der Waals surface area (Å²) in [6, 6.07) is 0. The van der Waals surface area contributed by atoms with Crippen molar-refractivity contribution in [1.82, 2.24) is 5.32 Å². The van der Waals surface area contributed by atoms with Crippen molar-refractivity contribution in [1.29, 1.82) is 5.41 Å². The van der Waals surface area contributed by atoms with Crippen molar-refractivity contribution in [2.75, 3.05) is 13.1 Å². The van der Waals surface area contributed by atoms with Gasteiger partial charge in [-0.05, 0) is 6.92 Å². The van der Waals surface area contributed by atoms with E-state index in [1.807, 2.05) is 0 Å². The van der Waals surface area contributed by atoms with Crippen molar-refractivity contribution in [3.8, 4) is 11.8 Å². The van der Waals surface area contributed by atoms with Gasteiger partial charge in [0, 0.05) is 25.7 Å². The topological polar surface area (TPSA) is 99.2 Å². The Kier molecular flexibility index (Phi) is 5.53. The third-order valence-electron chi connectivity index (χ3n) is 1.47. The molecule has 5 N–H and O–H groups in total. The maximum absolute atomic E-state index is 10.5. The van der Waals surface area contributed by atoms with Crippen molar-refractivity contribution in [2.45, 2.75) is 18.9 Å². The summed E-state index contributed by atoms with van der Waals surface area (Å²) in [6.45, 7) is 2.48. The molecule has 0 aromatic carbocycles. The standard InChI is InChI=1S/C9H15N3O2/c1-9(11,8(13)14)4-2-3-6-12-7-5-10/h5,10,12H,3,6-7,11H2,1H3,(H,13,14). The van der Waals surface area contributed by atoms with Gasteiger partial charge in [0.2, 0.25) is 0 Å². The Morgan fingerprint density at radius 1 is 1.79 bits per heavy atom. The van der Waals surface area contributed by atoms with Gasteiger partial charge in [-0.1, -0.05) is 11.8 Å². The molecule has 0 aromatic rings. The molecule has 5 heteroatoms. The fraction of sp³-hybridized carbons (Fsp3) is 0.556. The van der Waals surface area contributed by atoms with Crippen LogP contribution in [-0.4, -0.2) is 35.9 Å². The molecule has 0 aliphatic heterocycles. The van der Waals surface area contributed by atoms with E-state index in [0.717, 1.165) is 0 Å². The Morgan fingerprint density at radius 2 is 2.43 bits per heavy atom. The summed E-state index contributed by atoms with van der Waals surface area (Å²) >= 11 is 0. The number of hydrogen-bond acceptors (Lipinski definition) is 4. The molecule has 0 heterocycles. The van der Waals surface area contributed by atoms with Gasteiger partial charge in [0.05, 0.1) is 0 Å². The van der Waals surface area contributed by atoms with Crippen molar-refractivity contribution >= 4 is 12.2 Å². The van der Waals surface area contributed by atoms with Crippen molar-refractivity contribution < 1.29 is 9.90 Å². The first kappa shape index (κ1) is 12.6. The molecule has 14 heavy (non-hydrogen) atoms. The van der Waals surface area contributed by atoms with Crippen LogP contribution in [0, 0.1) is 17.3 Å². The molecular formula is C9H15N3O2. The van der Waals surface area contributed by atoms with Crippen LogP contribution in [0.5, 0.6) is 0 Å². The fourth-order valence-corrected chi connectivity index (χ4v) is 0.625. The quantitative estimate of drug-likeness (QED) is 0.269. The smallest absolute Gasteiger partial charge is 0.335 e. The number of hydrogen-bond donors (Lipinski definition) is 4. The SMILES string of the molecule is CC(N)(C#CCCNCC=N)C(=O)O. The highest BCUT2D eigenvalue weighted by Gasteiger charge is 2.24. The van der Waals surface area contributed by atoms with Gasteiger partial charge in [-0.25, -0.2) is 4.79 Å². The minimum atomic E-state index is -1.47. The Balaban J connectivity index is 3.82. The number of carboxylic acid groups (broad SMARTS) is 1.